The van der Waals surface area contributed by atoms with Crippen LogP contribution in [0.3, 0.4) is 0 Å². The van der Waals surface area contributed by atoms with Gasteiger partial charge < -0.3 is 4.74 Å². The summed E-state index contributed by atoms with van der Waals surface area (Å²) in [6.45, 7) is 1.75. The Labute approximate surface area is 127 Å². The van der Waals surface area contributed by atoms with Crippen LogP contribution in [-0.4, -0.2) is 23.7 Å². The average molecular weight is 304 g/mol. The topological polar surface area (TPSA) is 63.6 Å². The number of rotatable bonds is 5. The molecule has 2 aromatic rings. The maximum Gasteiger partial charge on any atom is 0.277 e. The molecule has 0 radical (unpaired) electrons. The molecule has 0 spiro atoms. The van der Waals surface area contributed by atoms with Crippen molar-refractivity contribution in [3.63, 3.8) is 0 Å². The van der Waals surface area contributed by atoms with Crippen molar-refractivity contribution in [1.29, 1.82) is 0 Å². The zero-order valence-corrected chi connectivity index (χ0v) is 12.2. The summed E-state index contributed by atoms with van der Waals surface area (Å²) < 4.78 is 5.35. The molecule has 1 N–H and O–H groups in total. The van der Waals surface area contributed by atoms with Crippen LogP contribution in [0, 0.1) is 6.92 Å². The molecule has 5 nitrogen and oxygen atoms in total. The van der Waals surface area contributed by atoms with E-state index in [0.29, 0.717) is 10.8 Å². The van der Waals surface area contributed by atoms with Gasteiger partial charge in [0, 0.05) is 17.4 Å². The number of hydrogen-bond donors (Lipinski definition) is 1. The number of halogens is 1. The summed E-state index contributed by atoms with van der Waals surface area (Å²) in [4.78, 5) is 15.5. The number of nitrogens with zero attached hydrogens (tertiary/aromatic N) is 2. The first-order chi connectivity index (χ1) is 10.1. The number of aryl methyl sites for hydroxylation is 1. The molecule has 0 saturated heterocycles. The number of pyridine rings is 1. The maximum absolute atomic E-state index is 11.6. The third kappa shape index (κ3) is 4.89. The molecule has 1 heterocycles. The first-order valence-electron chi connectivity index (χ1n) is 6.26. The Bertz CT molecular complexity index is 645. The van der Waals surface area contributed by atoms with E-state index < -0.39 is 0 Å². The third-order valence-corrected chi connectivity index (χ3v) is 3.03. The molecule has 1 aromatic heterocycles. The minimum Gasteiger partial charge on any atom is -0.484 e. The van der Waals surface area contributed by atoms with Gasteiger partial charge in [0.25, 0.3) is 5.91 Å². The number of aromatic nitrogens is 1. The van der Waals surface area contributed by atoms with Crippen molar-refractivity contribution in [1.82, 2.24) is 10.4 Å². The number of hydrazone groups is 1. The fourth-order valence-electron chi connectivity index (χ4n) is 1.52. The van der Waals surface area contributed by atoms with Gasteiger partial charge in [-0.15, -0.1) is 0 Å². The van der Waals surface area contributed by atoms with Crippen molar-refractivity contribution in [3.05, 3.63) is 58.9 Å². The zero-order valence-electron chi connectivity index (χ0n) is 11.4. The van der Waals surface area contributed by atoms with Crippen LogP contribution in [0.1, 0.15) is 11.1 Å². The highest BCUT2D eigenvalue weighted by Gasteiger charge is 2.03. The monoisotopic (exact) mass is 303 g/mol. The second-order valence-electron chi connectivity index (χ2n) is 4.27. The number of hydrogen-bond acceptors (Lipinski definition) is 4. The lowest BCUT2D eigenvalue weighted by Gasteiger charge is -2.06. The quantitative estimate of drug-likeness (QED) is 0.682. The molecular weight excluding hydrogens is 290 g/mol. The summed E-state index contributed by atoms with van der Waals surface area (Å²) in [5.74, 6) is 0.248. The SMILES string of the molecule is Cc1cc(OCC(=O)N/N=C\c2ccncc2)ccc1Cl. The molecular formula is C15H14ClN3O2. The highest BCUT2D eigenvalue weighted by Crippen LogP contribution is 2.20. The van der Waals surface area contributed by atoms with Crippen molar-refractivity contribution < 1.29 is 9.53 Å². The molecule has 0 unspecified atom stereocenters. The molecule has 0 aliphatic carbocycles. The van der Waals surface area contributed by atoms with E-state index in [-0.39, 0.29) is 12.5 Å². The molecule has 1 amide bonds. The number of ether oxygens (including phenoxy) is 1. The Morgan fingerprint density at radius 1 is 1.38 bits per heavy atom. The Morgan fingerprint density at radius 3 is 2.86 bits per heavy atom. The van der Waals surface area contributed by atoms with Gasteiger partial charge in [0.2, 0.25) is 0 Å². The molecule has 2 rings (SSSR count). The van der Waals surface area contributed by atoms with E-state index in [4.69, 9.17) is 16.3 Å². The molecule has 108 valence electrons. The molecule has 0 aliphatic heterocycles. The van der Waals surface area contributed by atoms with Crippen molar-refractivity contribution in [2.24, 2.45) is 5.10 Å². The smallest absolute Gasteiger partial charge is 0.277 e. The first-order valence-corrected chi connectivity index (χ1v) is 6.64. The average Bonchev–Trinajstić information content (AvgIpc) is 2.49. The van der Waals surface area contributed by atoms with Crippen LogP contribution in [-0.2, 0) is 4.79 Å². The van der Waals surface area contributed by atoms with Gasteiger partial charge >= 0.3 is 0 Å². The van der Waals surface area contributed by atoms with Gasteiger partial charge in [-0.2, -0.15) is 5.10 Å². The fraction of sp³-hybridized carbons (Fsp3) is 0.133. The van der Waals surface area contributed by atoms with Gasteiger partial charge in [-0.3, -0.25) is 9.78 Å². The van der Waals surface area contributed by atoms with E-state index in [2.05, 4.69) is 15.5 Å². The largest absolute Gasteiger partial charge is 0.484 e. The van der Waals surface area contributed by atoms with Crippen LogP contribution in [0.4, 0.5) is 0 Å². The molecule has 1 aromatic carbocycles. The summed E-state index contributed by atoms with van der Waals surface area (Å²) in [6.07, 6.45) is 4.83. The van der Waals surface area contributed by atoms with Gasteiger partial charge in [-0.05, 0) is 48.4 Å². The number of amides is 1. The van der Waals surface area contributed by atoms with E-state index >= 15 is 0 Å². The van der Waals surface area contributed by atoms with Crippen molar-refractivity contribution >= 4 is 23.7 Å². The van der Waals surface area contributed by atoms with E-state index in [0.717, 1.165) is 11.1 Å². The lowest BCUT2D eigenvalue weighted by molar-refractivity contribution is -0.123. The summed E-state index contributed by atoms with van der Waals surface area (Å²) in [5.41, 5.74) is 4.13. The normalized spacial score (nSPS) is 10.6. The summed E-state index contributed by atoms with van der Waals surface area (Å²) in [5, 5.41) is 4.49. The number of carbonyl (C=O) groups excluding carboxylic acids is 1. The van der Waals surface area contributed by atoms with Crippen LogP contribution < -0.4 is 10.2 Å². The number of benzene rings is 1. The predicted molar refractivity (Wildman–Crippen MR) is 81.7 cm³/mol. The third-order valence-electron chi connectivity index (χ3n) is 2.61. The van der Waals surface area contributed by atoms with Gasteiger partial charge in [-0.1, -0.05) is 11.6 Å². The lowest BCUT2D eigenvalue weighted by atomic mass is 10.2. The Morgan fingerprint density at radius 2 is 2.14 bits per heavy atom. The molecule has 21 heavy (non-hydrogen) atoms. The van der Waals surface area contributed by atoms with Crippen LogP contribution >= 0.6 is 11.6 Å². The molecule has 6 heteroatoms. The second kappa shape index (κ2) is 7.40. The molecule has 0 aliphatic rings. The number of carbonyl (C=O) groups is 1. The van der Waals surface area contributed by atoms with Crippen LogP contribution in [0.2, 0.25) is 5.02 Å². The Balaban J connectivity index is 1.79. The standard InChI is InChI=1S/C15H14ClN3O2/c1-11-8-13(2-3-14(11)16)21-10-15(20)19-18-9-12-4-6-17-7-5-12/h2-9H,10H2,1H3,(H,19,20)/b18-9-. The molecule has 0 fully saturated rings. The van der Waals surface area contributed by atoms with E-state index in [1.807, 2.05) is 6.92 Å². The maximum atomic E-state index is 11.6. The highest BCUT2D eigenvalue weighted by molar-refractivity contribution is 6.31. The lowest BCUT2D eigenvalue weighted by Crippen LogP contribution is -2.24. The van der Waals surface area contributed by atoms with Crippen LogP contribution in [0.15, 0.2) is 47.8 Å². The van der Waals surface area contributed by atoms with E-state index in [9.17, 15) is 4.79 Å². The van der Waals surface area contributed by atoms with Crippen molar-refractivity contribution in [2.45, 2.75) is 6.92 Å². The van der Waals surface area contributed by atoms with Gasteiger partial charge in [0.15, 0.2) is 6.61 Å². The van der Waals surface area contributed by atoms with Crippen LogP contribution in [0.25, 0.3) is 0 Å². The van der Waals surface area contributed by atoms with Crippen molar-refractivity contribution in [3.8, 4) is 5.75 Å². The molecule has 0 bridgehead atoms. The summed E-state index contributed by atoms with van der Waals surface area (Å²) >= 11 is 5.91. The van der Waals surface area contributed by atoms with E-state index in [1.165, 1.54) is 6.21 Å². The minimum absolute atomic E-state index is 0.116. The van der Waals surface area contributed by atoms with Gasteiger partial charge in [0.1, 0.15) is 5.75 Å². The van der Waals surface area contributed by atoms with Gasteiger partial charge in [-0.25, -0.2) is 5.43 Å². The Kier molecular flexibility index (Phi) is 5.29. The number of nitrogens with one attached hydrogen (secondary N) is 1. The first kappa shape index (κ1) is 15.0. The van der Waals surface area contributed by atoms with Crippen molar-refractivity contribution in [2.75, 3.05) is 6.61 Å². The summed E-state index contributed by atoms with van der Waals surface area (Å²) in [6, 6.07) is 8.77. The molecule has 0 saturated carbocycles. The predicted octanol–water partition coefficient (Wildman–Crippen LogP) is 2.57. The molecule has 0 atom stereocenters. The van der Waals surface area contributed by atoms with Crippen LogP contribution in [0.5, 0.6) is 5.75 Å². The fourth-order valence-corrected chi connectivity index (χ4v) is 1.63. The van der Waals surface area contributed by atoms with Gasteiger partial charge in [0.05, 0.1) is 6.21 Å². The Hall–Kier alpha value is -2.40. The highest BCUT2D eigenvalue weighted by atomic mass is 35.5. The zero-order chi connectivity index (χ0) is 15.1. The second-order valence-corrected chi connectivity index (χ2v) is 4.68. The van der Waals surface area contributed by atoms with E-state index in [1.54, 1.807) is 42.7 Å². The minimum atomic E-state index is -0.340. The summed E-state index contributed by atoms with van der Waals surface area (Å²) in [7, 11) is 0.